The summed E-state index contributed by atoms with van der Waals surface area (Å²) in [5.41, 5.74) is 7.61. The van der Waals surface area contributed by atoms with Crippen molar-refractivity contribution in [2.24, 2.45) is 10.9 Å². The molecule has 0 saturated heterocycles. The van der Waals surface area contributed by atoms with E-state index in [0.717, 1.165) is 22.1 Å². The van der Waals surface area contributed by atoms with E-state index in [4.69, 9.17) is 4.74 Å². The maximum Gasteiger partial charge on any atom is 0.134 e. The average Bonchev–Trinajstić information content (AvgIpc) is 3.43. The van der Waals surface area contributed by atoms with Gasteiger partial charge in [-0.25, -0.2) is 4.39 Å². The molecular formula is C33H28BrFN2O. The first-order valence-electron chi connectivity index (χ1n) is 12.9. The smallest absolute Gasteiger partial charge is 0.134 e. The van der Waals surface area contributed by atoms with Crippen LogP contribution in [0.5, 0.6) is 5.75 Å². The van der Waals surface area contributed by atoms with E-state index in [1.54, 1.807) is 18.2 Å². The number of fused-ring (bicyclic) bond motifs is 3. The molecule has 1 aliphatic heterocycles. The number of nitrogens with one attached hydrogen (secondary N) is 1. The van der Waals surface area contributed by atoms with E-state index in [9.17, 15) is 4.39 Å². The Bertz CT molecular complexity index is 1530. The Kier molecular flexibility index (Phi) is 6.86. The lowest BCUT2D eigenvalue weighted by Gasteiger charge is -2.37. The molecule has 1 heterocycles. The van der Waals surface area contributed by atoms with Crippen LogP contribution in [0.2, 0.25) is 0 Å². The van der Waals surface area contributed by atoms with Crippen LogP contribution in [0, 0.1) is 18.7 Å². The zero-order chi connectivity index (χ0) is 26.1. The van der Waals surface area contributed by atoms with Gasteiger partial charge in [-0.1, -0.05) is 60.2 Å². The summed E-state index contributed by atoms with van der Waals surface area (Å²) >= 11 is 3.56. The molecule has 5 heteroatoms. The van der Waals surface area contributed by atoms with Crippen molar-refractivity contribution in [3.63, 3.8) is 0 Å². The van der Waals surface area contributed by atoms with Crippen LogP contribution in [0.1, 0.15) is 46.2 Å². The maximum absolute atomic E-state index is 13.9. The predicted octanol–water partition coefficient (Wildman–Crippen LogP) is 9.05. The maximum atomic E-state index is 13.9. The summed E-state index contributed by atoms with van der Waals surface area (Å²) in [6, 6.07) is 27.9. The number of aryl methyl sites for hydroxylation is 1. The highest BCUT2D eigenvalue weighted by Gasteiger charge is 2.37. The number of aliphatic imine (C=N–C) groups is 1. The van der Waals surface area contributed by atoms with Crippen molar-refractivity contribution in [2.75, 3.05) is 5.32 Å². The number of benzene rings is 4. The van der Waals surface area contributed by atoms with Crippen LogP contribution in [0.3, 0.4) is 0 Å². The second-order valence-corrected chi connectivity index (χ2v) is 10.8. The molecule has 4 aromatic rings. The Balaban J connectivity index is 1.13. The van der Waals surface area contributed by atoms with Gasteiger partial charge in [0.25, 0.3) is 0 Å². The third kappa shape index (κ3) is 5.03. The normalized spacial score (nSPS) is 19.7. The molecule has 190 valence electrons. The number of ether oxygens (including phenoxy) is 1. The minimum atomic E-state index is -0.266. The molecule has 0 amide bonds. The summed E-state index contributed by atoms with van der Waals surface area (Å²) < 4.78 is 20.5. The highest BCUT2D eigenvalue weighted by Crippen LogP contribution is 2.50. The largest absolute Gasteiger partial charge is 0.488 e. The summed E-state index contributed by atoms with van der Waals surface area (Å²) in [5, 5.41) is 3.81. The Labute approximate surface area is 231 Å². The SMILES string of the molecule is Cc1ccc2c(c1)[C@@H]1C=CC[C@H]1[C@H](c1ccc(N=Cc3ccc(OCc4ccccc4F)c(Br)c3)cc1)N2. The molecule has 0 spiro atoms. The Morgan fingerprint density at radius 3 is 2.68 bits per heavy atom. The molecule has 0 bridgehead atoms. The molecule has 6 rings (SSSR count). The van der Waals surface area contributed by atoms with Gasteiger partial charge in [0.15, 0.2) is 0 Å². The van der Waals surface area contributed by atoms with Crippen LogP contribution in [-0.4, -0.2) is 6.21 Å². The van der Waals surface area contributed by atoms with Crippen molar-refractivity contribution in [1.29, 1.82) is 0 Å². The van der Waals surface area contributed by atoms with Gasteiger partial charge in [-0.3, -0.25) is 4.99 Å². The fourth-order valence-corrected chi connectivity index (χ4v) is 5.96. The van der Waals surface area contributed by atoms with Gasteiger partial charge >= 0.3 is 0 Å². The van der Waals surface area contributed by atoms with Crippen molar-refractivity contribution in [1.82, 2.24) is 0 Å². The topological polar surface area (TPSA) is 33.6 Å². The quantitative estimate of drug-likeness (QED) is 0.186. The molecule has 1 aliphatic carbocycles. The molecule has 0 unspecified atom stereocenters. The number of rotatable bonds is 6. The van der Waals surface area contributed by atoms with E-state index in [1.165, 1.54) is 28.4 Å². The van der Waals surface area contributed by atoms with Gasteiger partial charge in [0, 0.05) is 23.4 Å². The van der Waals surface area contributed by atoms with E-state index < -0.39 is 0 Å². The highest BCUT2D eigenvalue weighted by atomic mass is 79.9. The Morgan fingerprint density at radius 1 is 1.03 bits per heavy atom. The molecule has 2 aliphatic rings. The standard InChI is InChI=1S/C33H28BrFN2O/c1-21-9-15-31-28(17-21)26-6-4-7-27(26)33(37-31)23-11-13-25(14-12-23)36-19-22-10-16-32(29(34)18-22)38-20-24-5-2-3-8-30(24)35/h2-6,8-19,26-27,33,37H,7,20H2,1H3/t26-,27-,33+/m1/s1. The molecule has 1 N–H and O–H groups in total. The molecule has 0 saturated carbocycles. The summed E-state index contributed by atoms with van der Waals surface area (Å²) in [6.07, 6.45) is 7.64. The molecular weight excluding hydrogens is 539 g/mol. The first-order valence-corrected chi connectivity index (χ1v) is 13.7. The highest BCUT2D eigenvalue weighted by molar-refractivity contribution is 9.10. The van der Waals surface area contributed by atoms with Gasteiger partial charge in [-0.05, 0) is 94.3 Å². The number of allylic oxidation sites excluding steroid dienone is 2. The van der Waals surface area contributed by atoms with Gasteiger partial charge in [-0.15, -0.1) is 0 Å². The lowest BCUT2D eigenvalue weighted by atomic mass is 9.76. The number of hydrogen-bond donors (Lipinski definition) is 1. The second kappa shape index (κ2) is 10.6. The van der Waals surface area contributed by atoms with Crippen LogP contribution in [0.15, 0.2) is 107 Å². The lowest BCUT2D eigenvalue weighted by Crippen LogP contribution is -2.29. The van der Waals surface area contributed by atoms with Gasteiger partial charge in [0.2, 0.25) is 0 Å². The number of nitrogens with zero attached hydrogens (tertiary/aromatic N) is 1. The lowest BCUT2D eigenvalue weighted by molar-refractivity contribution is 0.298. The monoisotopic (exact) mass is 566 g/mol. The van der Waals surface area contributed by atoms with E-state index in [1.807, 2.05) is 24.4 Å². The Morgan fingerprint density at radius 2 is 1.87 bits per heavy atom. The van der Waals surface area contributed by atoms with Crippen LogP contribution < -0.4 is 10.1 Å². The van der Waals surface area contributed by atoms with Crippen molar-refractivity contribution in [3.8, 4) is 5.75 Å². The third-order valence-corrected chi connectivity index (χ3v) is 8.05. The van der Waals surface area contributed by atoms with Gasteiger partial charge in [0.1, 0.15) is 18.2 Å². The van der Waals surface area contributed by atoms with E-state index in [2.05, 4.69) is 87.8 Å². The first-order chi connectivity index (χ1) is 18.5. The van der Waals surface area contributed by atoms with Gasteiger partial charge in [0.05, 0.1) is 16.2 Å². The van der Waals surface area contributed by atoms with Crippen molar-refractivity contribution in [2.45, 2.75) is 31.9 Å². The molecule has 0 fully saturated rings. The summed E-state index contributed by atoms with van der Waals surface area (Å²) in [6.45, 7) is 2.33. The molecule has 3 nitrogen and oxygen atoms in total. The predicted molar refractivity (Wildman–Crippen MR) is 156 cm³/mol. The molecule has 4 aromatic carbocycles. The van der Waals surface area contributed by atoms with Crippen LogP contribution in [0.25, 0.3) is 0 Å². The van der Waals surface area contributed by atoms with Crippen molar-refractivity contribution in [3.05, 3.63) is 135 Å². The van der Waals surface area contributed by atoms with Gasteiger partial charge in [-0.2, -0.15) is 0 Å². The summed E-state index contributed by atoms with van der Waals surface area (Å²) in [4.78, 5) is 4.68. The number of hydrogen-bond acceptors (Lipinski definition) is 3. The second-order valence-electron chi connectivity index (χ2n) is 9.99. The molecule has 0 radical (unpaired) electrons. The van der Waals surface area contributed by atoms with Gasteiger partial charge < -0.3 is 10.1 Å². The van der Waals surface area contributed by atoms with Crippen LogP contribution >= 0.6 is 15.9 Å². The fraction of sp³-hybridized carbons (Fsp3) is 0.182. The van der Waals surface area contributed by atoms with Crippen LogP contribution in [0.4, 0.5) is 15.8 Å². The average molecular weight is 568 g/mol. The minimum Gasteiger partial charge on any atom is -0.488 e. The zero-order valence-electron chi connectivity index (χ0n) is 21.1. The van der Waals surface area contributed by atoms with Crippen LogP contribution in [-0.2, 0) is 6.61 Å². The molecule has 3 atom stereocenters. The number of anilines is 1. The van der Waals surface area contributed by atoms with E-state index in [-0.39, 0.29) is 18.5 Å². The number of halogens is 2. The fourth-order valence-electron chi connectivity index (χ4n) is 5.45. The minimum absolute atomic E-state index is 0.170. The zero-order valence-corrected chi connectivity index (χ0v) is 22.7. The van der Waals surface area contributed by atoms with E-state index >= 15 is 0 Å². The summed E-state index contributed by atoms with van der Waals surface area (Å²) in [7, 11) is 0. The van der Waals surface area contributed by atoms with Crippen molar-refractivity contribution >= 4 is 33.5 Å². The van der Waals surface area contributed by atoms with E-state index in [0.29, 0.717) is 23.1 Å². The Hall–Kier alpha value is -3.70. The first kappa shape index (κ1) is 24.6. The third-order valence-electron chi connectivity index (χ3n) is 7.43. The molecule has 38 heavy (non-hydrogen) atoms. The summed E-state index contributed by atoms with van der Waals surface area (Å²) in [5.74, 6) is 1.38. The molecule has 0 aromatic heterocycles. The van der Waals surface area contributed by atoms with Crippen molar-refractivity contribution < 1.29 is 9.13 Å².